The van der Waals surface area contributed by atoms with E-state index in [1.165, 1.54) is 12.5 Å². The second-order valence-electron chi connectivity index (χ2n) is 4.12. The third kappa shape index (κ3) is 3.73. The fraction of sp³-hybridized carbons (Fsp3) is 0.231. The molecule has 0 bridgehead atoms. The molecule has 0 atom stereocenters. The van der Waals surface area contributed by atoms with Crippen LogP contribution in [0.1, 0.15) is 6.92 Å². The minimum Gasteiger partial charge on any atom is -0.479 e. The van der Waals surface area contributed by atoms with Gasteiger partial charge in [-0.3, -0.25) is 4.72 Å². The lowest BCUT2D eigenvalue weighted by Crippen LogP contribution is -2.13. The van der Waals surface area contributed by atoms with Gasteiger partial charge in [-0.25, -0.2) is 4.98 Å². The number of nitrogens with one attached hydrogen (secondary N) is 1. The van der Waals surface area contributed by atoms with Crippen molar-refractivity contribution in [3.05, 3.63) is 36.8 Å². The number of benzene rings is 1. The molecule has 21 heavy (non-hydrogen) atoms. The summed E-state index contributed by atoms with van der Waals surface area (Å²) in [6.07, 6.45) is 2.93. The number of aromatic nitrogens is 2. The molecule has 0 radical (unpaired) electrons. The van der Waals surface area contributed by atoms with Gasteiger partial charge in [-0.2, -0.15) is 13.7 Å². The van der Waals surface area contributed by atoms with Crippen molar-refractivity contribution in [2.75, 3.05) is 11.3 Å². The lowest BCUT2D eigenvalue weighted by atomic mass is 10.3. The summed E-state index contributed by atoms with van der Waals surface area (Å²) in [5, 5.41) is 8.37. The number of ether oxygens (including phenoxy) is 1. The van der Waals surface area contributed by atoms with E-state index < -0.39 is 10.0 Å². The summed E-state index contributed by atoms with van der Waals surface area (Å²) >= 11 is 0. The summed E-state index contributed by atoms with van der Waals surface area (Å²) in [5.41, 5.74) is 0.394. The maximum Gasteiger partial charge on any atom is 0.280 e. The van der Waals surface area contributed by atoms with E-state index in [0.29, 0.717) is 18.0 Å². The van der Waals surface area contributed by atoms with Gasteiger partial charge in [0.2, 0.25) is 0 Å². The number of hydrogen-bond acceptors (Lipinski definition) is 5. The smallest absolute Gasteiger partial charge is 0.280 e. The molecule has 8 heteroatoms. The van der Waals surface area contributed by atoms with Crippen LogP contribution in [-0.4, -0.2) is 24.6 Å². The number of nitriles is 1. The summed E-state index contributed by atoms with van der Waals surface area (Å²) < 4.78 is 33.4. The molecule has 7 nitrogen and oxygen atoms in total. The summed E-state index contributed by atoms with van der Waals surface area (Å²) in [4.78, 5) is 3.86. The first kappa shape index (κ1) is 14.9. The molecule has 0 fully saturated rings. The SMILES string of the molecule is CCn1cnc(S(=O)(=O)Nc2ccc(OCC#N)cc2)c1. The number of anilines is 1. The number of imidazole rings is 1. The zero-order valence-corrected chi connectivity index (χ0v) is 12.2. The molecule has 1 heterocycles. The molecule has 0 aliphatic heterocycles. The molecule has 0 saturated carbocycles. The largest absolute Gasteiger partial charge is 0.479 e. The first-order valence-corrected chi connectivity index (χ1v) is 7.68. The lowest BCUT2D eigenvalue weighted by Gasteiger charge is -2.07. The Morgan fingerprint density at radius 1 is 1.38 bits per heavy atom. The van der Waals surface area contributed by atoms with Crippen LogP contribution in [0.25, 0.3) is 0 Å². The monoisotopic (exact) mass is 306 g/mol. The molecule has 0 unspecified atom stereocenters. The van der Waals surface area contributed by atoms with Crippen molar-refractivity contribution in [1.29, 1.82) is 5.26 Å². The zero-order chi connectivity index (χ0) is 15.3. The van der Waals surface area contributed by atoms with Gasteiger partial charge in [-0.15, -0.1) is 0 Å². The van der Waals surface area contributed by atoms with Gasteiger partial charge in [-0.05, 0) is 31.2 Å². The number of aryl methyl sites for hydroxylation is 1. The highest BCUT2D eigenvalue weighted by Crippen LogP contribution is 2.18. The Hall–Kier alpha value is -2.53. The lowest BCUT2D eigenvalue weighted by molar-refractivity contribution is 0.368. The highest BCUT2D eigenvalue weighted by molar-refractivity contribution is 7.92. The molecule has 1 N–H and O–H groups in total. The molecule has 0 aliphatic carbocycles. The molecule has 0 aliphatic rings. The third-order valence-corrected chi connectivity index (χ3v) is 3.93. The average Bonchev–Trinajstić information content (AvgIpc) is 2.96. The molecule has 0 amide bonds. The third-order valence-electron chi connectivity index (χ3n) is 2.66. The average molecular weight is 306 g/mol. The van der Waals surface area contributed by atoms with Crippen molar-refractivity contribution >= 4 is 15.7 Å². The van der Waals surface area contributed by atoms with Crippen LogP contribution in [0.15, 0.2) is 41.8 Å². The minimum absolute atomic E-state index is 0.0332. The van der Waals surface area contributed by atoms with E-state index in [1.807, 2.05) is 13.0 Å². The zero-order valence-electron chi connectivity index (χ0n) is 11.4. The van der Waals surface area contributed by atoms with E-state index >= 15 is 0 Å². The predicted molar refractivity (Wildman–Crippen MR) is 76.3 cm³/mol. The van der Waals surface area contributed by atoms with E-state index in [2.05, 4.69) is 9.71 Å². The molecule has 2 aromatic rings. The van der Waals surface area contributed by atoms with Gasteiger partial charge in [0, 0.05) is 18.4 Å². The van der Waals surface area contributed by atoms with E-state index in [1.54, 1.807) is 28.8 Å². The second-order valence-corrected chi connectivity index (χ2v) is 5.75. The van der Waals surface area contributed by atoms with Crippen LogP contribution in [0.2, 0.25) is 0 Å². The van der Waals surface area contributed by atoms with Crippen LogP contribution in [0.4, 0.5) is 5.69 Å². The van der Waals surface area contributed by atoms with Crippen LogP contribution in [0.3, 0.4) is 0 Å². The molecular weight excluding hydrogens is 292 g/mol. The van der Waals surface area contributed by atoms with Crippen molar-refractivity contribution < 1.29 is 13.2 Å². The Labute approximate surface area is 122 Å². The van der Waals surface area contributed by atoms with Crippen molar-refractivity contribution in [2.45, 2.75) is 18.5 Å². The molecule has 0 spiro atoms. The van der Waals surface area contributed by atoms with Crippen LogP contribution in [0.5, 0.6) is 5.75 Å². The maximum absolute atomic E-state index is 12.1. The number of nitrogens with zero attached hydrogens (tertiary/aromatic N) is 3. The van der Waals surface area contributed by atoms with Gasteiger partial charge in [0.25, 0.3) is 10.0 Å². The molecule has 1 aromatic carbocycles. The van der Waals surface area contributed by atoms with Crippen LogP contribution < -0.4 is 9.46 Å². The van der Waals surface area contributed by atoms with Gasteiger partial charge in [0.1, 0.15) is 11.8 Å². The van der Waals surface area contributed by atoms with E-state index in [0.717, 1.165) is 0 Å². The van der Waals surface area contributed by atoms with Gasteiger partial charge >= 0.3 is 0 Å². The Morgan fingerprint density at radius 2 is 2.10 bits per heavy atom. The maximum atomic E-state index is 12.1. The van der Waals surface area contributed by atoms with Crippen LogP contribution >= 0.6 is 0 Å². The predicted octanol–water partition coefficient (Wildman–Crippen LogP) is 1.61. The number of hydrogen-bond donors (Lipinski definition) is 1. The van der Waals surface area contributed by atoms with Crippen LogP contribution in [0, 0.1) is 11.3 Å². The summed E-state index contributed by atoms with van der Waals surface area (Å²) in [6.45, 7) is 2.48. The molecular formula is C13H14N4O3S. The molecule has 0 saturated heterocycles. The minimum atomic E-state index is -3.71. The molecule has 1 aromatic heterocycles. The van der Waals surface area contributed by atoms with E-state index in [-0.39, 0.29) is 11.6 Å². The summed E-state index contributed by atoms with van der Waals surface area (Å²) in [7, 11) is -3.71. The van der Waals surface area contributed by atoms with Gasteiger partial charge in [0.05, 0.1) is 6.33 Å². The Morgan fingerprint density at radius 3 is 2.67 bits per heavy atom. The Balaban J connectivity index is 2.11. The van der Waals surface area contributed by atoms with Gasteiger partial charge in [0.15, 0.2) is 11.6 Å². The van der Waals surface area contributed by atoms with E-state index in [4.69, 9.17) is 10.00 Å². The highest BCUT2D eigenvalue weighted by atomic mass is 32.2. The van der Waals surface area contributed by atoms with Crippen LogP contribution in [-0.2, 0) is 16.6 Å². The normalized spacial score (nSPS) is 10.9. The topological polar surface area (TPSA) is 97.0 Å². The summed E-state index contributed by atoms with van der Waals surface area (Å²) in [6, 6.07) is 8.13. The summed E-state index contributed by atoms with van der Waals surface area (Å²) in [5.74, 6) is 0.495. The van der Waals surface area contributed by atoms with Crippen molar-refractivity contribution in [3.63, 3.8) is 0 Å². The standard InChI is InChI=1S/C13H14N4O3S/c1-2-17-9-13(15-10-17)21(18,19)16-11-3-5-12(6-4-11)20-8-7-14/h3-6,9-10,16H,2,8H2,1H3. The van der Waals surface area contributed by atoms with E-state index in [9.17, 15) is 8.42 Å². The highest BCUT2D eigenvalue weighted by Gasteiger charge is 2.17. The molecule has 110 valence electrons. The van der Waals surface area contributed by atoms with Gasteiger partial charge in [-0.1, -0.05) is 0 Å². The molecule has 2 rings (SSSR count). The fourth-order valence-electron chi connectivity index (χ4n) is 1.59. The number of sulfonamides is 1. The first-order valence-electron chi connectivity index (χ1n) is 6.19. The van der Waals surface area contributed by atoms with Gasteiger partial charge < -0.3 is 9.30 Å². The van der Waals surface area contributed by atoms with Crippen molar-refractivity contribution in [3.8, 4) is 11.8 Å². The first-order chi connectivity index (χ1) is 10.0. The second kappa shape index (κ2) is 6.28. The van der Waals surface area contributed by atoms with Crippen molar-refractivity contribution in [1.82, 2.24) is 9.55 Å². The van der Waals surface area contributed by atoms with Crippen molar-refractivity contribution in [2.24, 2.45) is 0 Å². The quantitative estimate of drug-likeness (QED) is 0.874. The Bertz CT molecular complexity index is 744. The Kier molecular flexibility index (Phi) is 4.45. The fourth-order valence-corrected chi connectivity index (χ4v) is 2.60. The number of rotatable bonds is 6.